The Balaban J connectivity index is 2.25. The number of thiophene rings is 2. The van der Waals surface area contributed by atoms with Crippen LogP contribution < -0.4 is 0 Å². The normalized spacial score (nSPS) is 13.1. The van der Waals surface area contributed by atoms with Crippen LogP contribution >= 0.6 is 22.7 Å². The Labute approximate surface area is 95.8 Å². The molecule has 0 fully saturated rings. The monoisotopic (exact) mass is 228 g/mol. The highest BCUT2D eigenvalue weighted by Gasteiger charge is 2.19. The molecule has 2 aromatic heterocycles. The van der Waals surface area contributed by atoms with Crippen molar-refractivity contribution in [1.29, 1.82) is 0 Å². The van der Waals surface area contributed by atoms with Crippen LogP contribution in [0.4, 0.5) is 0 Å². The van der Waals surface area contributed by atoms with E-state index in [0.29, 0.717) is 0 Å². The van der Waals surface area contributed by atoms with E-state index in [1.54, 1.807) is 0 Å². The number of fused-ring (bicyclic) bond motifs is 2. The second-order valence-corrected chi connectivity index (χ2v) is 5.62. The van der Waals surface area contributed by atoms with Crippen LogP contribution in [0.25, 0.3) is 21.9 Å². The van der Waals surface area contributed by atoms with Crippen LogP contribution in [-0.2, 0) is 6.42 Å². The highest BCUT2D eigenvalue weighted by atomic mass is 32.1. The first kappa shape index (κ1) is 8.08. The summed E-state index contributed by atoms with van der Waals surface area (Å²) in [5.41, 5.74) is 4.39. The van der Waals surface area contributed by atoms with Crippen molar-refractivity contribution in [3.8, 4) is 11.1 Å². The van der Waals surface area contributed by atoms with E-state index >= 15 is 0 Å². The molecule has 0 radical (unpaired) electrons. The largest absolute Gasteiger partial charge is 0.151 e. The van der Waals surface area contributed by atoms with Crippen molar-refractivity contribution in [3.05, 3.63) is 44.8 Å². The summed E-state index contributed by atoms with van der Waals surface area (Å²) >= 11 is 3.72. The third-order valence-corrected chi connectivity index (χ3v) is 4.88. The molecule has 2 heterocycles. The molecular weight excluding hydrogens is 220 g/mol. The predicted octanol–water partition coefficient (Wildman–Crippen LogP) is 4.53. The number of rotatable bonds is 0. The molecule has 0 nitrogen and oxygen atoms in total. The van der Waals surface area contributed by atoms with E-state index in [0.717, 1.165) is 6.42 Å². The van der Waals surface area contributed by atoms with Crippen LogP contribution in [0.2, 0.25) is 0 Å². The van der Waals surface area contributed by atoms with Crippen molar-refractivity contribution in [2.45, 2.75) is 6.42 Å². The zero-order valence-electron chi connectivity index (χ0n) is 7.99. The van der Waals surface area contributed by atoms with Gasteiger partial charge in [0.25, 0.3) is 0 Å². The first-order chi connectivity index (χ1) is 7.43. The lowest BCUT2D eigenvalue weighted by molar-refractivity contribution is 1.27. The summed E-state index contributed by atoms with van der Waals surface area (Å²) < 4.78 is 0. The molecule has 0 unspecified atom stereocenters. The van der Waals surface area contributed by atoms with Gasteiger partial charge in [0.05, 0.1) is 0 Å². The number of hydrogen-bond donors (Lipinski definition) is 0. The van der Waals surface area contributed by atoms with Crippen LogP contribution in [0.3, 0.4) is 0 Å². The molecule has 0 bridgehead atoms. The van der Waals surface area contributed by atoms with Gasteiger partial charge in [-0.15, -0.1) is 11.3 Å². The molecule has 0 aliphatic heterocycles. The van der Waals surface area contributed by atoms with Gasteiger partial charge in [-0.3, -0.25) is 0 Å². The fourth-order valence-corrected chi connectivity index (χ4v) is 4.30. The fourth-order valence-electron chi connectivity index (χ4n) is 2.40. The Hall–Kier alpha value is -1.12. The lowest BCUT2D eigenvalue weighted by Crippen LogP contribution is -1.93. The SMILES string of the molecule is c1cc2c3c(scc3c1)Cc1cscc1-2. The van der Waals surface area contributed by atoms with Gasteiger partial charge in [0.15, 0.2) is 0 Å². The summed E-state index contributed by atoms with van der Waals surface area (Å²) in [5.74, 6) is 0. The van der Waals surface area contributed by atoms with Gasteiger partial charge in [-0.05, 0) is 38.2 Å². The Bertz CT molecular complexity index is 658. The van der Waals surface area contributed by atoms with E-state index in [2.05, 4.69) is 34.3 Å². The summed E-state index contributed by atoms with van der Waals surface area (Å²) in [6, 6.07) is 6.64. The van der Waals surface area contributed by atoms with Gasteiger partial charge >= 0.3 is 0 Å². The molecule has 0 amide bonds. The summed E-state index contributed by atoms with van der Waals surface area (Å²) in [7, 11) is 0. The maximum Gasteiger partial charge on any atom is 0.0174 e. The molecule has 72 valence electrons. The average molecular weight is 228 g/mol. The molecule has 0 saturated carbocycles. The van der Waals surface area contributed by atoms with Crippen LogP contribution in [0.1, 0.15) is 10.4 Å². The van der Waals surface area contributed by atoms with Gasteiger partial charge in [-0.25, -0.2) is 0 Å². The highest BCUT2D eigenvalue weighted by Crippen LogP contribution is 2.43. The second-order valence-electron chi connectivity index (χ2n) is 3.92. The lowest BCUT2D eigenvalue weighted by atomic mass is 9.91. The smallest absolute Gasteiger partial charge is 0.0174 e. The maximum absolute atomic E-state index is 2.29. The average Bonchev–Trinajstić information content (AvgIpc) is 2.87. The zero-order valence-corrected chi connectivity index (χ0v) is 9.62. The quantitative estimate of drug-likeness (QED) is 0.414. The third-order valence-electron chi connectivity index (χ3n) is 3.09. The van der Waals surface area contributed by atoms with Gasteiger partial charge in [-0.2, -0.15) is 11.3 Å². The Morgan fingerprint density at radius 3 is 3.00 bits per heavy atom. The van der Waals surface area contributed by atoms with E-state index < -0.39 is 0 Å². The molecule has 0 saturated heterocycles. The zero-order chi connectivity index (χ0) is 9.83. The fraction of sp³-hybridized carbons (Fsp3) is 0.0769. The third kappa shape index (κ3) is 0.959. The van der Waals surface area contributed by atoms with Gasteiger partial charge in [0, 0.05) is 16.7 Å². The predicted molar refractivity (Wildman–Crippen MR) is 67.9 cm³/mol. The van der Waals surface area contributed by atoms with E-state index in [-0.39, 0.29) is 0 Å². The van der Waals surface area contributed by atoms with E-state index in [4.69, 9.17) is 0 Å². The summed E-state index contributed by atoms with van der Waals surface area (Å²) in [5, 5.41) is 9.75. The second kappa shape index (κ2) is 2.71. The van der Waals surface area contributed by atoms with Gasteiger partial charge in [0.2, 0.25) is 0 Å². The maximum atomic E-state index is 2.29. The Morgan fingerprint density at radius 1 is 1.00 bits per heavy atom. The molecule has 0 N–H and O–H groups in total. The molecular formula is C13H8S2. The van der Waals surface area contributed by atoms with Crippen molar-refractivity contribution < 1.29 is 0 Å². The number of benzene rings is 1. The lowest BCUT2D eigenvalue weighted by Gasteiger charge is -2.12. The van der Waals surface area contributed by atoms with Crippen molar-refractivity contribution in [2.24, 2.45) is 0 Å². The molecule has 3 aromatic rings. The first-order valence-electron chi connectivity index (χ1n) is 4.98. The Morgan fingerprint density at radius 2 is 2.00 bits per heavy atom. The van der Waals surface area contributed by atoms with Crippen LogP contribution in [-0.4, -0.2) is 0 Å². The summed E-state index contributed by atoms with van der Waals surface area (Å²) in [6.07, 6.45) is 1.13. The number of hydrogen-bond acceptors (Lipinski definition) is 2. The first-order valence-corrected chi connectivity index (χ1v) is 6.80. The van der Waals surface area contributed by atoms with E-state index in [1.165, 1.54) is 32.3 Å². The van der Waals surface area contributed by atoms with Crippen LogP contribution in [0.5, 0.6) is 0 Å². The molecule has 2 heteroatoms. The van der Waals surface area contributed by atoms with Crippen LogP contribution in [0.15, 0.2) is 34.3 Å². The molecule has 15 heavy (non-hydrogen) atoms. The minimum atomic E-state index is 1.13. The van der Waals surface area contributed by atoms with Crippen molar-refractivity contribution in [3.63, 3.8) is 0 Å². The van der Waals surface area contributed by atoms with E-state index in [1.807, 2.05) is 22.7 Å². The summed E-state index contributed by atoms with van der Waals surface area (Å²) in [4.78, 5) is 1.53. The van der Waals surface area contributed by atoms with Gasteiger partial charge in [0.1, 0.15) is 0 Å². The molecule has 1 aliphatic carbocycles. The molecule has 1 aromatic carbocycles. The van der Waals surface area contributed by atoms with Crippen molar-refractivity contribution in [1.82, 2.24) is 0 Å². The van der Waals surface area contributed by atoms with E-state index in [9.17, 15) is 0 Å². The van der Waals surface area contributed by atoms with Crippen molar-refractivity contribution in [2.75, 3.05) is 0 Å². The van der Waals surface area contributed by atoms with Crippen LogP contribution in [0, 0.1) is 0 Å². The standard InChI is InChI=1S/C13H8S2/c1-2-8-6-15-12-4-9-5-14-7-11(9)10(3-1)13(8)12/h1-3,5-7H,4H2. The highest BCUT2D eigenvalue weighted by molar-refractivity contribution is 7.12. The minimum absolute atomic E-state index is 1.13. The minimum Gasteiger partial charge on any atom is -0.151 e. The Kier molecular flexibility index (Phi) is 1.46. The van der Waals surface area contributed by atoms with Gasteiger partial charge in [-0.1, -0.05) is 18.2 Å². The topological polar surface area (TPSA) is 0 Å². The molecule has 0 atom stereocenters. The van der Waals surface area contributed by atoms with Crippen molar-refractivity contribution >= 4 is 33.4 Å². The molecule has 4 rings (SSSR count). The molecule has 1 aliphatic rings. The summed E-state index contributed by atoms with van der Waals surface area (Å²) in [6.45, 7) is 0. The van der Waals surface area contributed by atoms with Gasteiger partial charge < -0.3 is 0 Å². The molecule has 0 spiro atoms.